The number of likely N-dealkylation sites (tertiary alicyclic amines) is 1. The van der Waals surface area contributed by atoms with Crippen molar-refractivity contribution >= 4 is 11.8 Å². The van der Waals surface area contributed by atoms with Crippen molar-refractivity contribution in [3.63, 3.8) is 0 Å². The largest absolute Gasteiger partial charge is 0.337 e. The summed E-state index contributed by atoms with van der Waals surface area (Å²) in [5, 5.41) is 0. The van der Waals surface area contributed by atoms with Crippen LogP contribution in [-0.2, 0) is 13.1 Å². The molecule has 0 unspecified atom stereocenters. The summed E-state index contributed by atoms with van der Waals surface area (Å²) >= 11 is 0. The molecule has 3 heterocycles. The first-order valence-corrected chi connectivity index (χ1v) is 8.42. The highest BCUT2D eigenvalue weighted by molar-refractivity contribution is 5.96. The van der Waals surface area contributed by atoms with E-state index in [1.54, 1.807) is 11.1 Å². The van der Waals surface area contributed by atoms with Gasteiger partial charge < -0.3 is 14.4 Å². The third-order valence-corrected chi connectivity index (χ3v) is 4.69. The van der Waals surface area contributed by atoms with Crippen molar-refractivity contribution < 1.29 is 9.59 Å². The summed E-state index contributed by atoms with van der Waals surface area (Å²) in [5.41, 5.74) is 1.49. The zero-order chi connectivity index (χ0) is 16.5. The Kier molecular flexibility index (Phi) is 3.80. The van der Waals surface area contributed by atoms with Crippen LogP contribution >= 0.6 is 0 Å². The van der Waals surface area contributed by atoms with E-state index < -0.39 is 0 Å². The molecule has 124 valence electrons. The standard InChI is InChI=1S/C18H20N4O2/c23-17(20-8-4-5-9-20)15-13-21-10-11-22(18(24)16(21)19-15)12-14-6-2-1-3-7-14/h1-3,6-7,13H,4-5,8-12H2. The lowest BCUT2D eigenvalue weighted by Gasteiger charge is -2.27. The highest BCUT2D eigenvalue weighted by atomic mass is 16.2. The van der Waals surface area contributed by atoms with Crippen LogP contribution in [0.2, 0.25) is 0 Å². The molecule has 2 amide bonds. The molecular formula is C18H20N4O2. The molecule has 0 saturated carbocycles. The van der Waals surface area contributed by atoms with Gasteiger partial charge in [0.1, 0.15) is 5.69 Å². The third kappa shape index (κ3) is 2.68. The van der Waals surface area contributed by atoms with Crippen LogP contribution in [0.5, 0.6) is 0 Å². The minimum atomic E-state index is -0.106. The Morgan fingerprint density at radius 3 is 2.54 bits per heavy atom. The molecule has 4 rings (SSSR count). The number of imidazole rings is 1. The number of fused-ring (bicyclic) bond motifs is 1. The number of aromatic nitrogens is 2. The van der Waals surface area contributed by atoms with Gasteiger partial charge >= 0.3 is 0 Å². The van der Waals surface area contributed by atoms with Gasteiger partial charge in [0, 0.05) is 38.9 Å². The first kappa shape index (κ1) is 14.9. The maximum Gasteiger partial charge on any atom is 0.290 e. The van der Waals surface area contributed by atoms with Crippen LogP contribution in [0.15, 0.2) is 36.5 Å². The highest BCUT2D eigenvalue weighted by Gasteiger charge is 2.30. The normalized spacial score (nSPS) is 17.2. The monoisotopic (exact) mass is 324 g/mol. The molecule has 1 saturated heterocycles. The number of carbonyl (C=O) groups is 2. The van der Waals surface area contributed by atoms with Crippen LogP contribution in [0.1, 0.15) is 39.5 Å². The van der Waals surface area contributed by atoms with Gasteiger partial charge in [-0.1, -0.05) is 30.3 Å². The SMILES string of the molecule is O=C(c1cn2c(n1)C(=O)N(Cc1ccccc1)CC2)N1CCCC1. The van der Waals surface area contributed by atoms with Gasteiger partial charge in [-0.15, -0.1) is 0 Å². The molecule has 0 N–H and O–H groups in total. The molecule has 0 aliphatic carbocycles. The van der Waals surface area contributed by atoms with Crippen molar-refractivity contribution in [1.82, 2.24) is 19.4 Å². The van der Waals surface area contributed by atoms with E-state index in [4.69, 9.17) is 0 Å². The average Bonchev–Trinajstić information content (AvgIpc) is 3.27. The molecule has 1 aromatic carbocycles. The predicted octanol–water partition coefficient (Wildman–Crippen LogP) is 1.78. The lowest BCUT2D eigenvalue weighted by Crippen LogP contribution is -2.39. The first-order valence-electron chi connectivity index (χ1n) is 8.42. The van der Waals surface area contributed by atoms with Crippen LogP contribution in [0.25, 0.3) is 0 Å². The molecule has 0 bridgehead atoms. The zero-order valence-electron chi connectivity index (χ0n) is 13.5. The summed E-state index contributed by atoms with van der Waals surface area (Å²) in [6.45, 7) is 3.45. The minimum Gasteiger partial charge on any atom is -0.337 e. The molecule has 6 nitrogen and oxygen atoms in total. The molecule has 2 aliphatic heterocycles. The number of benzene rings is 1. The van der Waals surface area contributed by atoms with E-state index in [-0.39, 0.29) is 11.8 Å². The second-order valence-corrected chi connectivity index (χ2v) is 6.35. The van der Waals surface area contributed by atoms with Crippen LogP contribution in [0, 0.1) is 0 Å². The molecule has 1 fully saturated rings. The molecular weight excluding hydrogens is 304 g/mol. The van der Waals surface area contributed by atoms with Crippen LogP contribution in [-0.4, -0.2) is 50.8 Å². The smallest absolute Gasteiger partial charge is 0.290 e. The van der Waals surface area contributed by atoms with Crippen LogP contribution in [0.4, 0.5) is 0 Å². The summed E-state index contributed by atoms with van der Waals surface area (Å²) in [7, 11) is 0. The molecule has 6 heteroatoms. The van der Waals surface area contributed by atoms with Gasteiger partial charge in [-0.2, -0.15) is 0 Å². The Labute approximate surface area is 140 Å². The maximum absolute atomic E-state index is 12.7. The number of hydrogen-bond donors (Lipinski definition) is 0. The van der Waals surface area contributed by atoms with E-state index in [0.717, 1.165) is 31.5 Å². The summed E-state index contributed by atoms with van der Waals surface area (Å²) < 4.78 is 1.81. The van der Waals surface area contributed by atoms with Crippen molar-refractivity contribution in [2.75, 3.05) is 19.6 Å². The van der Waals surface area contributed by atoms with Gasteiger partial charge in [0.25, 0.3) is 11.8 Å². The summed E-state index contributed by atoms with van der Waals surface area (Å²) in [6.07, 6.45) is 3.82. The second-order valence-electron chi connectivity index (χ2n) is 6.35. The summed E-state index contributed by atoms with van der Waals surface area (Å²) in [4.78, 5) is 33.1. The van der Waals surface area contributed by atoms with E-state index in [1.807, 2.05) is 39.8 Å². The van der Waals surface area contributed by atoms with Gasteiger partial charge in [-0.05, 0) is 18.4 Å². The lowest BCUT2D eigenvalue weighted by molar-refractivity contribution is 0.0683. The fraction of sp³-hybridized carbons (Fsp3) is 0.389. The van der Waals surface area contributed by atoms with Crippen molar-refractivity contribution in [3.05, 3.63) is 53.6 Å². The van der Waals surface area contributed by atoms with Gasteiger partial charge in [-0.3, -0.25) is 9.59 Å². The molecule has 2 aliphatic rings. The van der Waals surface area contributed by atoms with E-state index >= 15 is 0 Å². The van der Waals surface area contributed by atoms with E-state index in [0.29, 0.717) is 31.2 Å². The topological polar surface area (TPSA) is 58.4 Å². The van der Waals surface area contributed by atoms with E-state index in [2.05, 4.69) is 4.98 Å². The van der Waals surface area contributed by atoms with E-state index in [9.17, 15) is 9.59 Å². The first-order chi connectivity index (χ1) is 11.7. The van der Waals surface area contributed by atoms with Crippen molar-refractivity contribution in [2.24, 2.45) is 0 Å². The minimum absolute atomic E-state index is 0.0585. The molecule has 2 aromatic rings. The van der Waals surface area contributed by atoms with Gasteiger partial charge in [0.2, 0.25) is 0 Å². The molecule has 24 heavy (non-hydrogen) atoms. The Bertz CT molecular complexity index is 763. The Hall–Kier alpha value is -2.63. The Morgan fingerprint density at radius 1 is 1.04 bits per heavy atom. The quantitative estimate of drug-likeness (QED) is 0.865. The van der Waals surface area contributed by atoms with Crippen molar-refractivity contribution in [1.29, 1.82) is 0 Å². The third-order valence-electron chi connectivity index (χ3n) is 4.69. The number of nitrogens with zero attached hydrogens (tertiary/aromatic N) is 4. The number of carbonyl (C=O) groups excluding carboxylic acids is 2. The lowest BCUT2D eigenvalue weighted by atomic mass is 10.2. The predicted molar refractivity (Wildman–Crippen MR) is 88.5 cm³/mol. The van der Waals surface area contributed by atoms with Crippen molar-refractivity contribution in [3.8, 4) is 0 Å². The maximum atomic E-state index is 12.7. The van der Waals surface area contributed by atoms with Gasteiger partial charge in [-0.25, -0.2) is 4.98 Å². The Morgan fingerprint density at radius 2 is 1.79 bits per heavy atom. The molecule has 0 spiro atoms. The number of rotatable bonds is 3. The molecule has 1 aromatic heterocycles. The van der Waals surface area contributed by atoms with Crippen LogP contribution in [0.3, 0.4) is 0 Å². The van der Waals surface area contributed by atoms with Crippen LogP contribution < -0.4 is 0 Å². The highest BCUT2D eigenvalue weighted by Crippen LogP contribution is 2.18. The number of hydrogen-bond acceptors (Lipinski definition) is 3. The fourth-order valence-corrected chi connectivity index (χ4v) is 3.37. The Balaban J connectivity index is 1.53. The van der Waals surface area contributed by atoms with Gasteiger partial charge in [0.15, 0.2) is 5.82 Å². The second kappa shape index (κ2) is 6.11. The average molecular weight is 324 g/mol. The summed E-state index contributed by atoms with van der Waals surface area (Å²) in [5.74, 6) is 0.210. The molecule has 0 radical (unpaired) electrons. The fourth-order valence-electron chi connectivity index (χ4n) is 3.37. The van der Waals surface area contributed by atoms with Crippen molar-refractivity contribution in [2.45, 2.75) is 25.9 Å². The summed E-state index contributed by atoms with van der Waals surface area (Å²) in [6, 6.07) is 9.92. The zero-order valence-corrected chi connectivity index (χ0v) is 13.5. The molecule has 0 atom stereocenters. The number of amides is 2. The van der Waals surface area contributed by atoms with E-state index in [1.165, 1.54) is 0 Å². The van der Waals surface area contributed by atoms with Gasteiger partial charge in [0.05, 0.1) is 0 Å².